The van der Waals surface area contributed by atoms with Gasteiger partial charge in [-0.3, -0.25) is 0 Å². The molecule has 14 heavy (non-hydrogen) atoms. The maximum atomic E-state index is 10.9. The van der Waals surface area contributed by atoms with Crippen LogP contribution in [0, 0.1) is 0 Å². The molecule has 0 saturated heterocycles. The first-order valence-corrected chi connectivity index (χ1v) is 4.89. The summed E-state index contributed by atoms with van der Waals surface area (Å²) in [5.41, 5.74) is 1.70. The summed E-state index contributed by atoms with van der Waals surface area (Å²) in [7, 11) is 0. The average Bonchev–Trinajstić information content (AvgIpc) is 2.18. The van der Waals surface area contributed by atoms with Crippen LogP contribution in [0.4, 0.5) is 5.69 Å². The third-order valence-corrected chi connectivity index (χ3v) is 2.17. The van der Waals surface area contributed by atoms with Gasteiger partial charge in [0, 0.05) is 12.4 Å². The van der Waals surface area contributed by atoms with Crippen molar-refractivity contribution in [2.45, 2.75) is 12.8 Å². The molecule has 3 nitrogen and oxygen atoms in total. The molecule has 0 aromatic heterocycles. The van der Waals surface area contributed by atoms with Gasteiger partial charge in [0.2, 0.25) is 0 Å². The molecule has 0 heterocycles. The zero-order valence-electron chi connectivity index (χ0n) is 7.88. The summed E-state index contributed by atoms with van der Waals surface area (Å²) in [5.74, 6) is -0.628. The number of carboxylic acids is 1. The highest BCUT2D eigenvalue weighted by Crippen LogP contribution is 2.22. The summed E-state index contributed by atoms with van der Waals surface area (Å²) in [6, 6.07) is 5.08. The molecule has 1 rings (SSSR count). The van der Waals surface area contributed by atoms with Gasteiger partial charge in [-0.2, -0.15) is 0 Å². The number of nitrogens with one attached hydrogen (secondary N) is 1. The Bertz CT molecular complexity index is 339. The standard InChI is InChI=1S/C10H12ClNO2/c1-2-12-9-7(6-11)4-3-5-8(9)10(13)14/h3-5,12H,2,6H2,1H3,(H,13,14). The first-order valence-electron chi connectivity index (χ1n) is 4.35. The Morgan fingerprint density at radius 1 is 1.57 bits per heavy atom. The normalized spacial score (nSPS) is 9.86. The summed E-state index contributed by atoms with van der Waals surface area (Å²) >= 11 is 5.71. The van der Waals surface area contributed by atoms with E-state index in [1.807, 2.05) is 13.0 Å². The molecule has 0 aliphatic heterocycles. The van der Waals surface area contributed by atoms with Crippen LogP contribution in [-0.2, 0) is 5.88 Å². The van der Waals surface area contributed by atoms with E-state index in [4.69, 9.17) is 16.7 Å². The lowest BCUT2D eigenvalue weighted by Crippen LogP contribution is -2.07. The molecular weight excluding hydrogens is 202 g/mol. The van der Waals surface area contributed by atoms with E-state index in [9.17, 15) is 4.79 Å². The number of hydrogen-bond donors (Lipinski definition) is 2. The van der Waals surface area contributed by atoms with Gasteiger partial charge in [0.1, 0.15) is 0 Å². The molecule has 0 unspecified atom stereocenters. The molecule has 1 aromatic rings. The highest BCUT2D eigenvalue weighted by molar-refractivity contribution is 6.17. The summed E-state index contributed by atoms with van der Waals surface area (Å²) in [5, 5.41) is 11.9. The summed E-state index contributed by atoms with van der Waals surface area (Å²) < 4.78 is 0. The van der Waals surface area contributed by atoms with Crippen LogP contribution in [0.15, 0.2) is 18.2 Å². The van der Waals surface area contributed by atoms with Crippen LogP contribution in [-0.4, -0.2) is 17.6 Å². The van der Waals surface area contributed by atoms with Gasteiger partial charge in [0.05, 0.1) is 11.3 Å². The van der Waals surface area contributed by atoms with Crippen molar-refractivity contribution >= 4 is 23.3 Å². The Kier molecular flexibility index (Phi) is 3.77. The van der Waals surface area contributed by atoms with E-state index in [2.05, 4.69) is 5.32 Å². The molecule has 2 N–H and O–H groups in total. The van der Waals surface area contributed by atoms with Crippen LogP contribution in [0.2, 0.25) is 0 Å². The number of carbonyl (C=O) groups is 1. The Morgan fingerprint density at radius 2 is 2.29 bits per heavy atom. The van der Waals surface area contributed by atoms with E-state index in [-0.39, 0.29) is 5.56 Å². The van der Waals surface area contributed by atoms with Gasteiger partial charge in [-0.1, -0.05) is 12.1 Å². The highest BCUT2D eigenvalue weighted by Gasteiger charge is 2.12. The lowest BCUT2D eigenvalue weighted by molar-refractivity contribution is 0.0698. The molecule has 0 spiro atoms. The van der Waals surface area contributed by atoms with Crippen molar-refractivity contribution in [1.29, 1.82) is 0 Å². The third kappa shape index (κ3) is 2.17. The van der Waals surface area contributed by atoms with E-state index in [0.29, 0.717) is 18.1 Å². The Labute approximate surface area is 87.7 Å². The van der Waals surface area contributed by atoms with E-state index in [0.717, 1.165) is 5.56 Å². The number of alkyl halides is 1. The van der Waals surface area contributed by atoms with Crippen molar-refractivity contribution in [2.75, 3.05) is 11.9 Å². The highest BCUT2D eigenvalue weighted by atomic mass is 35.5. The van der Waals surface area contributed by atoms with Crippen LogP contribution in [0.3, 0.4) is 0 Å². The molecule has 0 aliphatic rings. The number of anilines is 1. The lowest BCUT2D eigenvalue weighted by atomic mass is 10.1. The smallest absolute Gasteiger partial charge is 0.337 e. The molecule has 0 radical (unpaired) electrons. The maximum Gasteiger partial charge on any atom is 0.337 e. The van der Waals surface area contributed by atoms with Gasteiger partial charge in [0.25, 0.3) is 0 Å². The molecule has 76 valence electrons. The van der Waals surface area contributed by atoms with Crippen molar-refractivity contribution in [3.05, 3.63) is 29.3 Å². The predicted octanol–water partition coefficient (Wildman–Crippen LogP) is 2.56. The number of halogens is 1. The molecule has 0 aliphatic carbocycles. The van der Waals surface area contributed by atoms with Crippen LogP contribution >= 0.6 is 11.6 Å². The Balaban J connectivity index is 3.20. The van der Waals surface area contributed by atoms with Crippen molar-refractivity contribution in [2.24, 2.45) is 0 Å². The first-order chi connectivity index (χ1) is 6.70. The van der Waals surface area contributed by atoms with E-state index in [1.54, 1.807) is 12.1 Å². The second-order valence-electron chi connectivity index (χ2n) is 2.81. The monoisotopic (exact) mass is 213 g/mol. The molecule has 0 bridgehead atoms. The number of hydrogen-bond acceptors (Lipinski definition) is 2. The minimum Gasteiger partial charge on any atom is -0.478 e. The van der Waals surface area contributed by atoms with Gasteiger partial charge in [-0.05, 0) is 18.6 Å². The van der Waals surface area contributed by atoms with E-state index < -0.39 is 5.97 Å². The molecule has 0 fully saturated rings. The molecule has 0 saturated carbocycles. The zero-order chi connectivity index (χ0) is 10.6. The van der Waals surface area contributed by atoms with Gasteiger partial charge >= 0.3 is 5.97 Å². The number of aromatic carboxylic acids is 1. The van der Waals surface area contributed by atoms with Crippen molar-refractivity contribution in [3.63, 3.8) is 0 Å². The second kappa shape index (κ2) is 4.86. The molecule has 0 amide bonds. The number of benzene rings is 1. The van der Waals surface area contributed by atoms with Gasteiger partial charge in [0.15, 0.2) is 0 Å². The second-order valence-corrected chi connectivity index (χ2v) is 3.08. The minimum atomic E-state index is -0.937. The van der Waals surface area contributed by atoms with Crippen LogP contribution in [0.1, 0.15) is 22.8 Å². The summed E-state index contributed by atoms with van der Waals surface area (Å²) in [6.45, 7) is 2.59. The zero-order valence-corrected chi connectivity index (χ0v) is 8.64. The number of para-hydroxylation sites is 1. The predicted molar refractivity (Wildman–Crippen MR) is 57.1 cm³/mol. The van der Waals surface area contributed by atoms with Crippen LogP contribution < -0.4 is 5.32 Å². The minimum absolute atomic E-state index is 0.269. The van der Waals surface area contributed by atoms with E-state index >= 15 is 0 Å². The van der Waals surface area contributed by atoms with Crippen molar-refractivity contribution in [1.82, 2.24) is 0 Å². The summed E-state index contributed by atoms with van der Waals surface area (Å²) in [6.07, 6.45) is 0. The average molecular weight is 214 g/mol. The quantitative estimate of drug-likeness (QED) is 0.756. The summed E-state index contributed by atoms with van der Waals surface area (Å²) in [4.78, 5) is 10.9. The molecule has 1 aromatic carbocycles. The molecule has 4 heteroatoms. The molecular formula is C10H12ClNO2. The van der Waals surface area contributed by atoms with E-state index in [1.165, 1.54) is 0 Å². The number of rotatable bonds is 4. The topological polar surface area (TPSA) is 49.3 Å². The third-order valence-electron chi connectivity index (χ3n) is 1.88. The van der Waals surface area contributed by atoms with Crippen molar-refractivity contribution < 1.29 is 9.90 Å². The first kappa shape index (κ1) is 10.9. The van der Waals surface area contributed by atoms with Crippen molar-refractivity contribution in [3.8, 4) is 0 Å². The Morgan fingerprint density at radius 3 is 2.79 bits per heavy atom. The van der Waals surface area contributed by atoms with Crippen LogP contribution in [0.5, 0.6) is 0 Å². The maximum absolute atomic E-state index is 10.9. The largest absolute Gasteiger partial charge is 0.478 e. The van der Waals surface area contributed by atoms with Gasteiger partial charge < -0.3 is 10.4 Å². The fourth-order valence-electron chi connectivity index (χ4n) is 1.28. The van der Waals surface area contributed by atoms with Gasteiger partial charge in [-0.25, -0.2) is 4.79 Å². The fraction of sp³-hybridized carbons (Fsp3) is 0.300. The molecule has 0 atom stereocenters. The fourth-order valence-corrected chi connectivity index (χ4v) is 1.50. The Hall–Kier alpha value is -1.22. The van der Waals surface area contributed by atoms with Crippen LogP contribution in [0.25, 0.3) is 0 Å². The van der Waals surface area contributed by atoms with Gasteiger partial charge in [-0.15, -0.1) is 11.6 Å². The SMILES string of the molecule is CCNc1c(CCl)cccc1C(=O)O. The lowest BCUT2D eigenvalue weighted by Gasteiger charge is -2.11. The number of carboxylic acid groups (broad SMARTS) is 1.